The van der Waals surface area contributed by atoms with Gasteiger partial charge in [0, 0.05) is 0 Å². The molecular formula is C17H18Si. The number of hydrogen-bond donors (Lipinski definition) is 0. The normalized spacial score (nSPS) is 10.9. The molecule has 1 heteroatoms. The van der Waals surface area contributed by atoms with E-state index in [1.165, 1.54) is 16.8 Å². The van der Waals surface area contributed by atoms with Crippen LogP contribution in [0, 0.1) is 0 Å². The van der Waals surface area contributed by atoms with Crippen molar-refractivity contribution >= 4 is 14.7 Å². The summed E-state index contributed by atoms with van der Waals surface area (Å²) in [7, 11) is 0.895. The van der Waals surface area contributed by atoms with Gasteiger partial charge in [-0.1, -0.05) is 78.0 Å². The molecule has 0 aliphatic heterocycles. The Kier molecular flexibility index (Phi) is 5.47. The molecule has 0 fully saturated rings. The van der Waals surface area contributed by atoms with Crippen molar-refractivity contribution in [2.75, 3.05) is 0 Å². The molecular weight excluding hydrogens is 232 g/mol. The molecule has 0 N–H and O–H groups in total. The van der Waals surface area contributed by atoms with Crippen LogP contribution in [0.15, 0.2) is 72.8 Å². The van der Waals surface area contributed by atoms with Gasteiger partial charge in [-0.2, -0.15) is 0 Å². The molecule has 0 aromatic heterocycles. The Morgan fingerprint density at radius 3 is 2.17 bits per heavy atom. The number of allylic oxidation sites excluding steroid dienone is 2. The Morgan fingerprint density at radius 2 is 1.44 bits per heavy atom. The van der Waals surface area contributed by atoms with Gasteiger partial charge in [0.2, 0.25) is 0 Å². The van der Waals surface area contributed by atoms with Gasteiger partial charge in [0.15, 0.2) is 0 Å². The Balaban J connectivity index is 1.64. The molecule has 0 heterocycles. The Bertz CT molecular complexity index is 414. The lowest BCUT2D eigenvalue weighted by Crippen LogP contribution is -2.11. The second-order valence-corrected chi connectivity index (χ2v) is 5.58. The molecule has 2 radical (unpaired) electrons. The van der Waals surface area contributed by atoms with Gasteiger partial charge in [0.1, 0.15) is 0 Å². The minimum atomic E-state index is 0.895. The molecule has 0 atom stereocenters. The maximum atomic E-state index is 2.31. The molecule has 0 aliphatic carbocycles. The van der Waals surface area contributed by atoms with E-state index in [0.29, 0.717) is 0 Å². The van der Waals surface area contributed by atoms with Gasteiger partial charge in [-0.3, -0.25) is 0 Å². The predicted molar refractivity (Wildman–Crippen MR) is 80.5 cm³/mol. The van der Waals surface area contributed by atoms with Gasteiger partial charge >= 0.3 is 0 Å². The highest BCUT2D eigenvalue weighted by atomic mass is 28.2. The molecule has 0 bridgehead atoms. The van der Waals surface area contributed by atoms with Crippen LogP contribution in [0.2, 0.25) is 6.04 Å². The van der Waals surface area contributed by atoms with Crippen molar-refractivity contribution in [3.05, 3.63) is 78.4 Å². The molecule has 90 valence electrons. The minimum Gasteiger partial charge on any atom is -0.0913 e. The predicted octanol–water partition coefficient (Wildman–Crippen LogP) is 3.62. The Labute approximate surface area is 112 Å². The van der Waals surface area contributed by atoms with Crippen molar-refractivity contribution in [3.63, 3.8) is 0 Å². The monoisotopic (exact) mass is 250 g/mol. The second-order valence-electron chi connectivity index (χ2n) is 4.24. The second kappa shape index (κ2) is 7.67. The number of hydrogen-bond acceptors (Lipinski definition) is 0. The Hall–Kier alpha value is -1.60. The van der Waals surface area contributed by atoms with Crippen LogP contribution in [0.3, 0.4) is 0 Å². The average molecular weight is 250 g/mol. The van der Waals surface area contributed by atoms with Crippen LogP contribution in [0.25, 0.3) is 0 Å². The van der Waals surface area contributed by atoms with E-state index >= 15 is 0 Å². The largest absolute Gasteiger partial charge is 0.0913 e. The topological polar surface area (TPSA) is 0 Å². The molecule has 2 aromatic rings. The van der Waals surface area contributed by atoms with E-state index in [9.17, 15) is 0 Å². The van der Waals surface area contributed by atoms with Crippen molar-refractivity contribution in [1.82, 2.24) is 0 Å². The van der Waals surface area contributed by atoms with Gasteiger partial charge < -0.3 is 0 Å². The molecule has 2 rings (SSSR count). The van der Waals surface area contributed by atoms with E-state index < -0.39 is 0 Å². The first-order chi connectivity index (χ1) is 8.95. The van der Waals surface area contributed by atoms with Gasteiger partial charge in [-0.15, -0.1) is 0 Å². The van der Waals surface area contributed by atoms with Crippen molar-refractivity contribution in [2.45, 2.75) is 18.9 Å². The highest BCUT2D eigenvalue weighted by molar-refractivity contribution is 6.53. The van der Waals surface area contributed by atoms with Crippen molar-refractivity contribution < 1.29 is 0 Å². The van der Waals surface area contributed by atoms with Gasteiger partial charge in [-0.05, 0) is 24.4 Å². The van der Waals surface area contributed by atoms with E-state index in [1.54, 1.807) is 0 Å². The number of rotatable bonds is 6. The third kappa shape index (κ3) is 4.72. The minimum absolute atomic E-state index is 0.895. The highest BCUT2D eigenvalue weighted by Crippen LogP contribution is 2.03. The smallest absolute Gasteiger partial charge is 0.0849 e. The van der Waals surface area contributed by atoms with Crippen LogP contribution < -0.4 is 5.19 Å². The molecule has 18 heavy (non-hydrogen) atoms. The lowest BCUT2D eigenvalue weighted by molar-refractivity contribution is 0.999. The van der Waals surface area contributed by atoms with Crippen molar-refractivity contribution in [1.29, 1.82) is 0 Å². The lowest BCUT2D eigenvalue weighted by atomic mass is 10.1. The first-order valence-electron chi connectivity index (χ1n) is 6.43. The van der Waals surface area contributed by atoms with Crippen LogP contribution in [-0.4, -0.2) is 9.52 Å². The molecule has 0 spiro atoms. The van der Waals surface area contributed by atoms with Crippen LogP contribution in [0.1, 0.15) is 12.0 Å². The van der Waals surface area contributed by atoms with Crippen molar-refractivity contribution in [3.8, 4) is 0 Å². The van der Waals surface area contributed by atoms with E-state index in [1.807, 2.05) is 0 Å². The summed E-state index contributed by atoms with van der Waals surface area (Å²) in [5.74, 6) is 0. The zero-order valence-electron chi connectivity index (χ0n) is 10.5. The lowest BCUT2D eigenvalue weighted by Gasteiger charge is -1.97. The molecule has 0 amide bonds. The molecule has 0 nitrogen and oxygen atoms in total. The Morgan fingerprint density at radius 1 is 0.778 bits per heavy atom. The summed E-state index contributed by atoms with van der Waals surface area (Å²) in [6.07, 6.45) is 6.91. The first kappa shape index (κ1) is 12.8. The fourth-order valence-corrected chi connectivity index (χ4v) is 2.78. The molecule has 0 unspecified atom stereocenters. The summed E-state index contributed by atoms with van der Waals surface area (Å²) in [6, 6.07) is 22.5. The third-order valence-corrected chi connectivity index (χ3v) is 3.99. The highest BCUT2D eigenvalue weighted by Gasteiger charge is 1.91. The summed E-state index contributed by atoms with van der Waals surface area (Å²) >= 11 is 0. The van der Waals surface area contributed by atoms with Crippen LogP contribution >= 0.6 is 0 Å². The van der Waals surface area contributed by atoms with Crippen LogP contribution in [-0.2, 0) is 6.42 Å². The molecule has 0 saturated carbocycles. The summed E-state index contributed by atoms with van der Waals surface area (Å²) in [5, 5.41) is 1.45. The molecule has 2 aromatic carbocycles. The van der Waals surface area contributed by atoms with Crippen LogP contribution in [0.5, 0.6) is 0 Å². The summed E-state index contributed by atoms with van der Waals surface area (Å²) < 4.78 is 0. The van der Waals surface area contributed by atoms with Crippen molar-refractivity contribution in [2.24, 2.45) is 0 Å². The number of aryl methyl sites for hydroxylation is 1. The standard InChI is InChI=1S/C17H18Si/c1-4-10-16(11-5-1)12-6-3-9-15-18-17-13-7-2-8-14-17/h1-5,7-11,13-14H,6,12,15H2/b9-3-. The summed E-state index contributed by atoms with van der Waals surface area (Å²) in [5.41, 5.74) is 1.42. The SMILES string of the molecule is C(=C/C[Si]c1ccccc1)/CCc1ccccc1. The average Bonchev–Trinajstić information content (AvgIpc) is 2.45. The zero-order valence-corrected chi connectivity index (χ0v) is 11.5. The zero-order chi connectivity index (χ0) is 12.5. The first-order valence-corrected chi connectivity index (χ1v) is 7.64. The quantitative estimate of drug-likeness (QED) is 0.542. The molecule has 0 saturated heterocycles. The van der Waals surface area contributed by atoms with E-state index in [0.717, 1.165) is 22.4 Å². The van der Waals surface area contributed by atoms with Crippen LogP contribution in [0.4, 0.5) is 0 Å². The summed E-state index contributed by atoms with van der Waals surface area (Å²) in [4.78, 5) is 0. The fourth-order valence-electron chi connectivity index (χ4n) is 1.83. The maximum absolute atomic E-state index is 2.31. The fraction of sp³-hybridized carbons (Fsp3) is 0.176. The number of benzene rings is 2. The van der Waals surface area contributed by atoms with Gasteiger partial charge in [-0.25, -0.2) is 0 Å². The third-order valence-electron chi connectivity index (χ3n) is 2.81. The maximum Gasteiger partial charge on any atom is 0.0849 e. The van der Waals surface area contributed by atoms with E-state index in [4.69, 9.17) is 0 Å². The van der Waals surface area contributed by atoms with Gasteiger partial charge in [0.25, 0.3) is 0 Å². The molecule has 0 aliphatic rings. The van der Waals surface area contributed by atoms with E-state index in [2.05, 4.69) is 72.8 Å². The van der Waals surface area contributed by atoms with Gasteiger partial charge in [0.05, 0.1) is 9.52 Å². The summed E-state index contributed by atoms with van der Waals surface area (Å²) in [6.45, 7) is 0. The van der Waals surface area contributed by atoms with E-state index in [-0.39, 0.29) is 0 Å².